The number of sulfonamides is 1. The standard InChI is InChI=1S/C10H18N2O2S/c11-7-10-6-8(10)2-1-5-12(10)15(13,14)9-3-4-9/h8-9H,1-7,11H2. The average molecular weight is 230 g/mol. The summed E-state index contributed by atoms with van der Waals surface area (Å²) in [6, 6.07) is 0. The zero-order valence-corrected chi connectivity index (χ0v) is 9.67. The van der Waals surface area contributed by atoms with E-state index in [9.17, 15) is 8.42 Å². The smallest absolute Gasteiger partial charge is 0.217 e. The van der Waals surface area contributed by atoms with Crippen LogP contribution in [0.1, 0.15) is 32.1 Å². The molecule has 15 heavy (non-hydrogen) atoms. The molecule has 3 rings (SSSR count). The SMILES string of the molecule is NCC12CC1CCCN2S(=O)(=O)C1CC1. The molecule has 2 atom stereocenters. The lowest BCUT2D eigenvalue weighted by Gasteiger charge is -2.34. The lowest BCUT2D eigenvalue weighted by Crippen LogP contribution is -2.51. The van der Waals surface area contributed by atoms with Crippen molar-refractivity contribution in [3.63, 3.8) is 0 Å². The lowest BCUT2D eigenvalue weighted by atomic mass is 10.1. The minimum atomic E-state index is -3.01. The Balaban J connectivity index is 1.91. The third kappa shape index (κ3) is 1.29. The summed E-state index contributed by atoms with van der Waals surface area (Å²) >= 11 is 0. The summed E-state index contributed by atoms with van der Waals surface area (Å²) in [5.74, 6) is 0.546. The van der Waals surface area contributed by atoms with Crippen LogP contribution in [0.2, 0.25) is 0 Å². The molecule has 0 spiro atoms. The van der Waals surface area contributed by atoms with Gasteiger partial charge in [-0.1, -0.05) is 0 Å². The van der Waals surface area contributed by atoms with Gasteiger partial charge < -0.3 is 5.73 Å². The van der Waals surface area contributed by atoms with Crippen molar-refractivity contribution in [3.05, 3.63) is 0 Å². The van der Waals surface area contributed by atoms with Crippen LogP contribution in [-0.4, -0.2) is 36.6 Å². The number of hydrogen-bond acceptors (Lipinski definition) is 3. The topological polar surface area (TPSA) is 63.4 Å². The Morgan fingerprint density at radius 1 is 1.33 bits per heavy atom. The molecule has 1 saturated heterocycles. The molecule has 0 bridgehead atoms. The van der Waals surface area contributed by atoms with Crippen molar-refractivity contribution < 1.29 is 8.42 Å². The van der Waals surface area contributed by atoms with Gasteiger partial charge in [0.2, 0.25) is 10.0 Å². The molecule has 3 aliphatic rings. The maximum Gasteiger partial charge on any atom is 0.217 e. The lowest BCUT2D eigenvalue weighted by molar-refractivity contribution is 0.240. The van der Waals surface area contributed by atoms with Crippen molar-refractivity contribution in [2.45, 2.75) is 42.9 Å². The Kier molecular flexibility index (Phi) is 1.98. The van der Waals surface area contributed by atoms with Crippen LogP contribution in [0.3, 0.4) is 0 Å². The molecular formula is C10H18N2O2S. The van der Waals surface area contributed by atoms with Gasteiger partial charge in [0, 0.05) is 13.1 Å². The van der Waals surface area contributed by atoms with E-state index >= 15 is 0 Å². The van der Waals surface area contributed by atoms with Gasteiger partial charge in [-0.25, -0.2) is 8.42 Å². The number of fused-ring (bicyclic) bond motifs is 1. The predicted molar refractivity (Wildman–Crippen MR) is 57.8 cm³/mol. The quantitative estimate of drug-likeness (QED) is 0.758. The van der Waals surface area contributed by atoms with E-state index in [0.29, 0.717) is 19.0 Å². The first-order valence-corrected chi connectivity index (χ1v) is 7.33. The fourth-order valence-electron chi connectivity index (χ4n) is 3.03. The number of piperidine rings is 1. The second kappa shape index (κ2) is 2.96. The van der Waals surface area contributed by atoms with Crippen molar-refractivity contribution in [1.82, 2.24) is 4.31 Å². The van der Waals surface area contributed by atoms with Gasteiger partial charge >= 0.3 is 0 Å². The molecule has 0 amide bonds. The highest BCUT2D eigenvalue weighted by atomic mass is 32.2. The van der Waals surface area contributed by atoms with Crippen molar-refractivity contribution >= 4 is 10.0 Å². The van der Waals surface area contributed by atoms with E-state index in [4.69, 9.17) is 5.73 Å². The molecule has 0 aromatic carbocycles. The summed E-state index contributed by atoms with van der Waals surface area (Å²) in [5, 5.41) is -0.0831. The third-order valence-electron chi connectivity index (χ3n) is 4.22. The second-order valence-corrected chi connectivity index (χ2v) is 7.30. The molecular weight excluding hydrogens is 212 g/mol. The van der Waals surface area contributed by atoms with E-state index in [2.05, 4.69) is 0 Å². The van der Waals surface area contributed by atoms with Crippen molar-refractivity contribution in [3.8, 4) is 0 Å². The highest BCUT2D eigenvalue weighted by Gasteiger charge is 2.63. The summed E-state index contributed by atoms with van der Waals surface area (Å²) < 4.78 is 26.2. The number of nitrogens with zero attached hydrogens (tertiary/aromatic N) is 1. The second-order valence-electron chi connectivity index (χ2n) is 5.17. The van der Waals surface area contributed by atoms with E-state index in [-0.39, 0.29) is 10.8 Å². The van der Waals surface area contributed by atoms with Crippen LogP contribution in [0.5, 0.6) is 0 Å². The normalized spacial score (nSPS) is 41.3. The number of rotatable bonds is 3. The highest BCUT2D eigenvalue weighted by Crippen LogP contribution is 2.55. The first-order chi connectivity index (χ1) is 7.11. The number of nitrogens with two attached hydrogens (primary N) is 1. The average Bonchev–Trinajstić information content (AvgIpc) is 3.08. The Hall–Kier alpha value is -0.130. The van der Waals surface area contributed by atoms with Gasteiger partial charge in [0.25, 0.3) is 0 Å². The van der Waals surface area contributed by atoms with Gasteiger partial charge in [0.05, 0.1) is 10.8 Å². The Morgan fingerprint density at radius 3 is 2.67 bits per heavy atom. The van der Waals surface area contributed by atoms with E-state index < -0.39 is 10.0 Å². The minimum Gasteiger partial charge on any atom is -0.329 e. The number of hydrogen-bond donors (Lipinski definition) is 1. The van der Waals surface area contributed by atoms with Crippen molar-refractivity contribution in [1.29, 1.82) is 0 Å². The van der Waals surface area contributed by atoms with E-state index in [1.165, 1.54) is 0 Å². The minimum absolute atomic E-state index is 0.0831. The monoisotopic (exact) mass is 230 g/mol. The molecule has 2 aliphatic carbocycles. The van der Waals surface area contributed by atoms with Crippen LogP contribution in [0, 0.1) is 5.92 Å². The van der Waals surface area contributed by atoms with Gasteiger partial charge in [0.1, 0.15) is 0 Å². The molecule has 1 heterocycles. The summed E-state index contributed by atoms with van der Waals surface area (Å²) in [6.45, 7) is 1.20. The van der Waals surface area contributed by atoms with Gasteiger partial charge in [-0.15, -0.1) is 0 Å². The van der Waals surface area contributed by atoms with Crippen LogP contribution in [0.25, 0.3) is 0 Å². The van der Waals surface area contributed by atoms with Crippen LogP contribution in [-0.2, 0) is 10.0 Å². The molecule has 4 nitrogen and oxygen atoms in total. The molecule has 2 N–H and O–H groups in total. The van der Waals surface area contributed by atoms with E-state index in [0.717, 1.165) is 32.1 Å². The third-order valence-corrected chi connectivity index (χ3v) is 6.69. The Bertz CT molecular complexity index is 377. The van der Waals surface area contributed by atoms with Gasteiger partial charge in [0.15, 0.2) is 0 Å². The van der Waals surface area contributed by atoms with E-state index in [1.807, 2.05) is 0 Å². The maximum absolute atomic E-state index is 12.2. The fourth-order valence-corrected chi connectivity index (χ4v) is 5.31. The molecule has 5 heteroatoms. The molecule has 0 aromatic heterocycles. The predicted octanol–water partition coefficient (Wildman–Crippen LogP) is 0.292. The zero-order chi connectivity index (χ0) is 10.7. The summed E-state index contributed by atoms with van der Waals surface area (Å²) in [6.07, 6.45) is 4.87. The summed E-state index contributed by atoms with van der Waals surface area (Å²) in [4.78, 5) is 0. The summed E-state index contributed by atoms with van der Waals surface area (Å²) in [5.41, 5.74) is 5.61. The molecule has 1 aliphatic heterocycles. The largest absolute Gasteiger partial charge is 0.329 e. The van der Waals surface area contributed by atoms with Gasteiger partial charge in [-0.05, 0) is 38.0 Å². The van der Waals surface area contributed by atoms with Crippen LogP contribution >= 0.6 is 0 Å². The molecule has 3 fully saturated rings. The molecule has 86 valence electrons. The van der Waals surface area contributed by atoms with Crippen LogP contribution < -0.4 is 5.73 Å². The first kappa shape index (κ1) is 10.1. The molecule has 2 saturated carbocycles. The Labute approximate surface area is 90.9 Å². The van der Waals surface area contributed by atoms with Crippen molar-refractivity contribution in [2.75, 3.05) is 13.1 Å². The van der Waals surface area contributed by atoms with Gasteiger partial charge in [-0.3, -0.25) is 0 Å². The fraction of sp³-hybridized carbons (Fsp3) is 1.00. The van der Waals surface area contributed by atoms with Crippen molar-refractivity contribution in [2.24, 2.45) is 11.7 Å². The maximum atomic E-state index is 12.2. The summed E-state index contributed by atoms with van der Waals surface area (Å²) in [7, 11) is -3.01. The molecule has 0 aromatic rings. The van der Waals surface area contributed by atoms with E-state index in [1.54, 1.807) is 4.31 Å². The highest BCUT2D eigenvalue weighted by molar-refractivity contribution is 7.90. The van der Waals surface area contributed by atoms with Crippen LogP contribution in [0.15, 0.2) is 0 Å². The van der Waals surface area contributed by atoms with Crippen LogP contribution in [0.4, 0.5) is 0 Å². The molecule has 0 radical (unpaired) electrons. The molecule has 2 unspecified atom stereocenters. The zero-order valence-electron chi connectivity index (χ0n) is 8.85. The first-order valence-electron chi connectivity index (χ1n) is 5.83. The Morgan fingerprint density at radius 2 is 2.07 bits per heavy atom. The van der Waals surface area contributed by atoms with Gasteiger partial charge in [-0.2, -0.15) is 4.31 Å².